The molecule has 1 aliphatic rings. The Balaban J connectivity index is 0.00000162. The molecule has 1 aromatic rings. The average Bonchev–Trinajstić information content (AvgIpc) is 2.94. The highest BCUT2D eigenvalue weighted by molar-refractivity contribution is 5.85. The number of carbonyl (C=O) groups excluding carboxylic acids is 1. The maximum absolute atomic E-state index is 10.6. The van der Waals surface area contributed by atoms with Crippen molar-refractivity contribution in [1.82, 2.24) is 9.66 Å². The van der Waals surface area contributed by atoms with Crippen molar-refractivity contribution in [3.05, 3.63) is 18.2 Å². The Bertz CT molecular complexity index is 374. The van der Waals surface area contributed by atoms with Crippen LogP contribution in [-0.4, -0.2) is 28.7 Å². The van der Waals surface area contributed by atoms with Gasteiger partial charge in [0.15, 0.2) is 0 Å². The summed E-state index contributed by atoms with van der Waals surface area (Å²) in [5.41, 5.74) is 6.19. The number of halogens is 1. The summed E-state index contributed by atoms with van der Waals surface area (Å²) in [6.45, 7) is 2.24. The van der Waals surface area contributed by atoms with Crippen molar-refractivity contribution in [2.45, 2.75) is 38.5 Å². The van der Waals surface area contributed by atoms with Gasteiger partial charge in [-0.15, -0.1) is 12.4 Å². The lowest BCUT2D eigenvalue weighted by Crippen LogP contribution is -2.29. The zero-order chi connectivity index (χ0) is 12.1. The van der Waals surface area contributed by atoms with Crippen LogP contribution >= 0.6 is 12.4 Å². The lowest BCUT2D eigenvalue weighted by Gasteiger charge is -2.17. The third-order valence-corrected chi connectivity index (χ3v) is 3.14. The van der Waals surface area contributed by atoms with Gasteiger partial charge < -0.3 is 10.7 Å². The number of hydrogen-bond acceptors (Lipinski definition) is 3. The predicted octanol–water partition coefficient (Wildman–Crippen LogP) is 1.23. The molecule has 102 valence electrons. The number of primary amides is 1. The molecule has 5 nitrogen and oxygen atoms in total. The zero-order valence-corrected chi connectivity index (χ0v) is 11.4. The molecule has 1 amide bonds. The molecule has 0 unspecified atom stereocenters. The van der Waals surface area contributed by atoms with Crippen LogP contribution in [0.25, 0.3) is 0 Å². The Morgan fingerprint density at radius 3 is 2.72 bits per heavy atom. The monoisotopic (exact) mass is 272 g/mol. The van der Waals surface area contributed by atoms with E-state index in [0.717, 1.165) is 38.0 Å². The number of amides is 1. The Morgan fingerprint density at radius 1 is 1.33 bits per heavy atom. The molecule has 1 saturated heterocycles. The van der Waals surface area contributed by atoms with Gasteiger partial charge in [0.1, 0.15) is 6.33 Å². The number of carbonyl (C=O) groups is 1. The van der Waals surface area contributed by atoms with Crippen LogP contribution in [0.4, 0.5) is 0 Å². The van der Waals surface area contributed by atoms with E-state index in [1.807, 2.05) is 6.33 Å². The molecule has 0 atom stereocenters. The van der Waals surface area contributed by atoms with Gasteiger partial charge >= 0.3 is 0 Å². The molecule has 2 heterocycles. The van der Waals surface area contributed by atoms with E-state index in [9.17, 15) is 4.79 Å². The second-order valence-electron chi connectivity index (χ2n) is 4.58. The van der Waals surface area contributed by atoms with E-state index in [2.05, 4.69) is 20.9 Å². The largest absolute Gasteiger partial charge is 0.370 e. The van der Waals surface area contributed by atoms with E-state index in [1.54, 1.807) is 0 Å². The molecule has 0 aromatic carbocycles. The Morgan fingerprint density at radius 2 is 2.06 bits per heavy atom. The van der Waals surface area contributed by atoms with Gasteiger partial charge in [-0.05, 0) is 32.1 Å². The molecule has 18 heavy (non-hydrogen) atoms. The minimum atomic E-state index is -0.215. The fourth-order valence-corrected chi connectivity index (χ4v) is 2.17. The highest BCUT2D eigenvalue weighted by Gasteiger charge is 2.12. The highest BCUT2D eigenvalue weighted by atomic mass is 35.5. The van der Waals surface area contributed by atoms with Crippen LogP contribution in [0.1, 0.15) is 37.8 Å². The van der Waals surface area contributed by atoms with Crippen molar-refractivity contribution < 1.29 is 4.79 Å². The van der Waals surface area contributed by atoms with Crippen LogP contribution in [0.2, 0.25) is 0 Å². The van der Waals surface area contributed by atoms with Gasteiger partial charge in [0, 0.05) is 25.7 Å². The maximum atomic E-state index is 10.6. The van der Waals surface area contributed by atoms with E-state index < -0.39 is 0 Å². The summed E-state index contributed by atoms with van der Waals surface area (Å²) in [5.74, 6) is -0.215. The van der Waals surface area contributed by atoms with Crippen molar-refractivity contribution in [3.8, 4) is 0 Å². The molecule has 1 aromatic heterocycles. The standard InChI is InChI=1S/C12H20N4O.ClH/c13-12(17)6-2-1-5-11-9-16(10-14-11)15-7-3-4-8-15;/h9-10H,1-8H2,(H2,13,17);1H. The van der Waals surface area contributed by atoms with Crippen molar-refractivity contribution in [2.75, 3.05) is 18.1 Å². The number of imidazole rings is 1. The number of hydrogen-bond donors (Lipinski definition) is 1. The molecular formula is C12H21ClN4O. The topological polar surface area (TPSA) is 64.2 Å². The molecule has 0 bridgehead atoms. The molecule has 0 radical (unpaired) electrons. The molecule has 1 fully saturated rings. The van der Waals surface area contributed by atoms with Crippen LogP contribution < -0.4 is 10.7 Å². The van der Waals surface area contributed by atoms with Crippen LogP contribution in [-0.2, 0) is 11.2 Å². The summed E-state index contributed by atoms with van der Waals surface area (Å²) < 4.78 is 2.09. The third-order valence-electron chi connectivity index (χ3n) is 3.14. The molecule has 1 aliphatic heterocycles. The van der Waals surface area contributed by atoms with Crippen LogP contribution in [0.15, 0.2) is 12.5 Å². The van der Waals surface area contributed by atoms with E-state index in [-0.39, 0.29) is 18.3 Å². The van der Waals surface area contributed by atoms with E-state index >= 15 is 0 Å². The van der Waals surface area contributed by atoms with Crippen molar-refractivity contribution >= 4 is 18.3 Å². The molecule has 2 rings (SSSR count). The first-order valence-electron chi connectivity index (χ1n) is 6.32. The van der Waals surface area contributed by atoms with Crippen LogP contribution in [0.3, 0.4) is 0 Å². The van der Waals surface area contributed by atoms with Gasteiger partial charge in [-0.25, -0.2) is 4.98 Å². The molecule has 0 aliphatic carbocycles. The second kappa shape index (κ2) is 7.26. The molecule has 6 heteroatoms. The molecule has 2 N–H and O–H groups in total. The summed E-state index contributed by atoms with van der Waals surface area (Å²) in [6, 6.07) is 0. The van der Waals surface area contributed by atoms with Gasteiger partial charge in [-0.1, -0.05) is 0 Å². The normalized spacial score (nSPS) is 14.6. The highest BCUT2D eigenvalue weighted by Crippen LogP contribution is 2.09. The summed E-state index contributed by atoms with van der Waals surface area (Å²) in [5, 5.41) is 2.31. The number of unbranched alkanes of at least 4 members (excludes halogenated alkanes) is 1. The minimum Gasteiger partial charge on any atom is -0.370 e. The molecular weight excluding hydrogens is 252 g/mol. The van der Waals surface area contributed by atoms with E-state index in [1.165, 1.54) is 12.8 Å². The van der Waals surface area contributed by atoms with Crippen molar-refractivity contribution in [1.29, 1.82) is 0 Å². The average molecular weight is 273 g/mol. The van der Waals surface area contributed by atoms with Crippen molar-refractivity contribution in [2.24, 2.45) is 5.73 Å². The van der Waals surface area contributed by atoms with Crippen LogP contribution in [0, 0.1) is 0 Å². The first-order chi connectivity index (χ1) is 8.25. The molecule has 0 saturated carbocycles. The summed E-state index contributed by atoms with van der Waals surface area (Å²) in [7, 11) is 0. The fourth-order valence-electron chi connectivity index (χ4n) is 2.17. The fraction of sp³-hybridized carbons (Fsp3) is 0.667. The minimum absolute atomic E-state index is 0. The Labute approximate surface area is 114 Å². The lowest BCUT2D eigenvalue weighted by atomic mass is 10.1. The maximum Gasteiger partial charge on any atom is 0.217 e. The van der Waals surface area contributed by atoms with Gasteiger partial charge in [-0.3, -0.25) is 9.47 Å². The van der Waals surface area contributed by atoms with Gasteiger partial charge in [0.25, 0.3) is 0 Å². The SMILES string of the molecule is Cl.NC(=O)CCCCc1cn(N2CCCC2)cn1. The summed E-state index contributed by atoms with van der Waals surface area (Å²) in [4.78, 5) is 15.0. The van der Waals surface area contributed by atoms with Crippen molar-refractivity contribution in [3.63, 3.8) is 0 Å². The Kier molecular flexibility index (Phi) is 5.98. The van der Waals surface area contributed by atoms with E-state index in [0.29, 0.717) is 6.42 Å². The van der Waals surface area contributed by atoms with Gasteiger partial charge in [-0.2, -0.15) is 0 Å². The summed E-state index contributed by atoms with van der Waals surface area (Å²) in [6.07, 6.45) is 9.75. The quantitative estimate of drug-likeness (QED) is 0.793. The van der Waals surface area contributed by atoms with E-state index in [4.69, 9.17) is 5.73 Å². The number of aromatic nitrogens is 2. The first kappa shape index (κ1) is 14.8. The number of nitrogens with zero attached hydrogens (tertiary/aromatic N) is 3. The third kappa shape index (κ3) is 4.22. The first-order valence-corrected chi connectivity index (χ1v) is 6.32. The van der Waals surface area contributed by atoms with Gasteiger partial charge in [0.05, 0.1) is 5.69 Å². The second-order valence-corrected chi connectivity index (χ2v) is 4.58. The number of rotatable bonds is 6. The molecule has 0 spiro atoms. The Hall–Kier alpha value is -1.23. The predicted molar refractivity (Wildman–Crippen MR) is 73.4 cm³/mol. The summed E-state index contributed by atoms with van der Waals surface area (Å²) >= 11 is 0. The zero-order valence-electron chi connectivity index (χ0n) is 10.5. The number of aryl methyl sites for hydroxylation is 1. The lowest BCUT2D eigenvalue weighted by molar-refractivity contribution is -0.118. The number of nitrogens with two attached hydrogens (primary N) is 1. The van der Waals surface area contributed by atoms with Gasteiger partial charge in [0.2, 0.25) is 5.91 Å². The van der Waals surface area contributed by atoms with Crippen LogP contribution in [0.5, 0.6) is 0 Å². The smallest absolute Gasteiger partial charge is 0.217 e.